The molecule has 3 nitrogen and oxygen atoms in total. The van der Waals surface area contributed by atoms with Gasteiger partial charge in [-0.3, -0.25) is 0 Å². The SMILES string of the molecule is CC/C=C\c1cccnc1N=NC. The molecule has 0 aromatic carbocycles. The predicted molar refractivity (Wildman–Crippen MR) is 54.0 cm³/mol. The first-order valence-electron chi connectivity index (χ1n) is 4.30. The Morgan fingerprint density at radius 2 is 2.38 bits per heavy atom. The summed E-state index contributed by atoms with van der Waals surface area (Å²) in [7, 11) is 1.64. The third kappa shape index (κ3) is 2.78. The van der Waals surface area contributed by atoms with Crippen molar-refractivity contribution in [2.24, 2.45) is 10.2 Å². The summed E-state index contributed by atoms with van der Waals surface area (Å²) in [5.41, 5.74) is 1.01. The van der Waals surface area contributed by atoms with Gasteiger partial charge in [0.25, 0.3) is 0 Å². The Labute approximate surface area is 78.2 Å². The molecule has 0 bridgehead atoms. The van der Waals surface area contributed by atoms with Crippen LogP contribution in [0.15, 0.2) is 34.6 Å². The van der Waals surface area contributed by atoms with E-state index in [0.717, 1.165) is 12.0 Å². The van der Waals surface area contributed by atoms with Crippen molar-refractivity contribution >= 4 is 11.9 Å². The van der Waals surface area contributed by atoms with Crippen LogP contribution in [0.3, 0.4) is 0 Å². The summed E-state index contributed by atoms with van der Waals surface area (Å²) in [5, 5.41) is 7.63. The van der Waals surface area contributed by atoms with Gasteiger partial charge >= 0.3 is 0 Å². The summed E-state index contributed by atoms with van der Waals surface area (Å²) >= 11 is 0. The second-order valence-electron chi connectivity index (χ2n) is 2.53. The molecule has 1 rings (SSSR count). The molecule has 0 aliphatic heterocycles. The summed E-state index contributed by atoms with van der Waals surface area (Å²) in [6, 6.07) is 3.87. The lowest BCUT2D eigenvalue weighted by Gasteiger charge is -1.95. The van der Waals surface area contributed by atoms with E-state index in [1.54, 1.807) is 13.2 Å². The maximum Gasteiger partial charge on any atom is 0.181 e. The first-order valence-corrected chi connectivity index (χ1v) is 4.30. The average Bonchev–Trinajstić information content (AvgIpc) is 2.17. The summed E-state index contributed by atoms with van der Waals surface area (Å²) < 4.78 is 0. The van der Waals surface area contributed by atoms with Crippen molar-refractivity contribution in [3.05, 3.63) is 30.0 Å². The van der Waals surface area contributed by atoms with Gasteiger partial charge in [-0.1, -0.05) is 19.1 Å². The van der Waals surface area contributed by atoms with Crippen molar-refractivity contribution in [1.29, 1.82) is 0 Å². The van der Waals surface area contributed by atoms with E-state index in [4.69, 9.17) is 0 Å². The molecule has 13 heavy (non-hydrogen) atoms. The van der Waals surface area contributed by atoms with Gasteiger partial charge in [0.1, 0.15) is 0 Å². The molecule has 0 spiro atoms. The molecule has 0 radical (unpaired) electrons. The largest absolute Gasteiger partial charge is 0.235 e. The van der Waals surface area contributed by atoms with Gasteiger partial charge in [-0.25, -0.2) is 4.98 Å². The number of allylic oxidation sites excluding steroid dienone is 1. The molecular weight excluding hydrogens is 162 g/mol. The maximum absolute atomic E-state index is 4.11. The maximum atomic E-state index is 4.11. The summed E-state index contributed by atoms with van der Waals surface area (Å²) in [6.07, 6.45) is 6.81. The van der Waals surface area contributed by atoms with Crippen LogP contribution < -0.4 is 0 Å². The second-order valence-corrected chi connectivity index (χ2v) is 2.53. The van der Waals surface area contributed by atoms with Crippen LogP contribution in [0.5, 0.6) is 0 Å². The Bertz CT molecular complexity index is 316. The zero-order valence-corrected chi connectivity index (χ0v) is 7.94. The number of pyridine rings is 1. The first-order chi connectivity index (χ1) is 6.38. The Morgan fingerprint density at radius 1 is 1.54 bits per heavy atom. The molecule has 0 aliphatic rings. The summed E-state index contributed by atoms with van der Waals surface area (Å²) in [4.78, 5) is 4.11. The van der Waals surface area contributed by atoms with E-state index in [2.05, 4.69) is 28.2 Å². The smallest absolute Gasteiger partial charge is 0.181 e. The van der Waals surface area contributed by atoms with E-state index < -0.39 is 0 Å². The van der Waals surface area contributed by atoms with Crippen LogP contribution in [0.2, 0.25) is 0 Å². The van der Waals surface area contributed by atoms with E-state index >= 15 is 0 Å². The van der Waals surface area contributed by atoms with Crippen LogP contribution in [-0.4, -0.2) is 12.0 Å². The van der Waals surface area contributed by atoms with Crippen molar-refractivity contribution in [3.8, 4) is 0 Å². The Balaban J connectivity index is 2.97. The molecule has 0 fully saturated rings. The van der Waals surface area contributed by atoms with Gasteiger partial charge in [-0.15, -0.1) is 5.11 Å². The average molecular weight is 175 g/mol. The molecule has 68 valence electrons. The zero-order valence-electron chi connectivity index (χ0n) is 7.94. The fourth-order valence-corrected chi connectivity index (χ4v) is 0.963. The van der Waals surface area contributed by atoms with Gasteiger partial charge < -0.3 is 0 Å². The van der Waals surface area contributed by atoms with Crippen molar-refractivity contribution in [2.75, 3.05) is 7.05 Å². The molecule has 0 amide bonds. The summed E-state index contributed by atoms with van der Waals surface area (Å²) in [5.74, 6) is 0.676. The molecule has 0 saturated heterocycles. The fourth-order valence-electron chi connectivity index (χ4n) is 0.963. The van der Waals surface area contributed by atoms with Gasteiger partial charge in [0.05, 0.1) is 0 Å². The minimum absolute atomic E-state index is 0.676. The van der Waals surface area contributed by atoms with Crippen molar-refractivity contribution in [1.82, 2.24) is 4.98 Å². The third-order valence-electron chi connectivity index (χ3n) is 1.54. The third-order valence-corrected chi connectivity index (χ3v) is 1.54. The van der Waals surface area contributed by atoms with Gasteiger partial charge in [0.15, 0.2) is 5.82 Å². The standard InChI is InChI=1S/C10H13N3/c1-3-4-6-9-7-5-8-12-10(9)13-11-2/h4-8H,3H2,1-2H3/b6-4-,13-11?. The molecule has 0 N–H and O–H groups in total. The lowest BCUT2D eigenvalue weighted by atomic mass is 10.2. The van der Waals surface area contributed by atoms with Crippen molar-refractivity contribution in [2.45, 2.75) is 13.3 Å². The number of nitrogens with zero attached hydrogens (tertiary/aromatic N) is 3. The molecule has 1 aromatic rings. The molecular formula is C10H13N3. The Hall–Kier alpha value is -1.51. The molecule has 1 heterocycles. The Kier molecular flexibility index (Phi) is 3.82. The van der Waals surface area contributed by atoms with Crippen LogP contribution >= 0.6 is 0 Å². The van der Waals surface area contributed by atoms with Crippen LogP contribution in [0.25, 0.3) is 6.08 Å². The lowest BCUT2D eigenvalue weighted by Crippen LogP contribution is -1.77. The number of azo groups is 1. The summed E-state index contributed by atoms with van der Waals surface area (Å²) in [6.45, 7) is 2.09. The van der Waals surface area contributed by atoms with Gasteiger partial charge in [0, 0.05) is 18.8 Å². The van der Waals surface area contributed by atoms with E-state index in [0.29, 0.717) is 5.82 Å². The topological polar surface area (TPSA) is 37.6 Å². The molecule has 1 aromatic heterocycles. The molecule has 0 atom stereocenters. The molecule has 0 unspecified atom stereocenters. The fraction of sp³-hybridized carbons (Fsp3) is 0.300. The lowest BCUT2D eigenvalue weighted by molar-refractivity contribution is 1.11. The highest BCUT2D eigenvalue weighted by molar-refractivity contribution is 5.59. The highest BCUT2D eigenvalue weighted by atomic mass is 15.1. The Morgan fingerprint density at radius 3 is 3.08 bits per heavy atom. The first kappa shape index (κ1) is 9.58. The van der Waals surface area contributed by atoms with Crippen molar-refractivity contribution < 1.29 is 0 Å². The zero-order chi connectivity index (χ0) is 9.52. The van der Waals surface area contributed by atoms with E-state index in [1.807, 2.05) is 18.2 Å². The molecule has 0 saturated carbocycles. The van der Waals surface area contributed by atoms with Gasteiger partial charge in [0.2, 0.25) is 0 Å². The number of rotatable bonds is 3. The van der Waals surface area contributed by atoms with E-state index in [9.17, 15) is 0 Å². The van der Waals surface area contributed by atoms with Crippen LogP contribution in [0.1, 0.15) is 18.9 Å². The number of aromatic nitrogens is 1. The quantitative estimate of drug-likeness (QED) is 0.650. The molecule has 3 heteroatoms. The van der Waals surface area contributed by atoms with E-state index in [-0.39, 0.29) is 0 Å². The molecule has 0 aliphatic carbocycles. The highest BCUT2D eigenvalue weighted by Crippen LogP contribution is 2.16. The van der Waals surface area contributed by atoms with Gasteiger partial charge in [-0.2, -0.15) is 5.11 Å². The predicted octanol–water partition coefficient (Wildman–Crippen LogP) is 3.22. The van der Waals surface area contributed by atoms with Crippen LogP contribution in [0, 0.1) is 0 Å². The minimum atomic E-state index is 0.676. The number of hydrogen-bond donors (Lipinski definition) is 0. The van der Waals surface area contributed by atoms with Gasteiger partial charge in [-0.05, 0) is 18.6 Å². The van der Waals surface area contributed by atoms with Crippen LogP contribution in [0.4, 0.5) is 5.82 Å². The minimum Gasteiger partial charge on any atom is -0.235 e. The van der Waals surface area contributed by atoms with Crippen molar-refractivity contribution in [3.63, 3.8) is 0 Å². The van der Waals surface area contributed by atoms with Crippen LogP contribution in [-0.2, 0) is 0 Å². The second kappa shape index (κ2) is 5.19. The highest BCUT2D eigenvalue weighted by Gasteiger charge is 1.96. The number of hydrogen-bond acceptors (Lipinski definition) is 3. The normalized spacial score (nSPS) is 11.5. The van der Waals surface area contributed by atoms with E-state index in [1.165, 1.54) is 0 Å². The monoisotopic (exact) mass is 175 g/mol.